The average Bonchev–Trinajstić information content (AvgIpc) is 3.36. The maximum atomic E-state index is 13.4. The Bertz CT molecular complexity index is 1290. The first-order chi connectivity index (χ1) is 18.8. The Kier molecular flexibility index (Phi) is 8.63. The summed E-state index contributed by atoms with van der Waals surface area (Å²) in [6, 6.07) is 19.6. The summed E-state index contributed by atoms with van der Waals surface area (Å²) >= 11 is 0. The first kappa shape index (κ1) is 29.6. The number of benzene rings is 3. The van der Waals surface area contributed by atoms with Crippen LogP contribution < -0.4 is 10.6 Å². The van der Waals surface area contributed by atoms with Gasteiger partial charge in [0.15, 0.2) is 0 Å². The lowest BCUT2D eigenvalue weighted by Gasteiger charge is -2.32. The molecule has 4 rings (SSSR count). The molecule has 1 aliphatic carbocycles. The van der Waals surface area contributed by atoms with Crippen molar-refractivity contribution in [1.82, 2.24) is 10.6 Å². The molecule has 40 heavy (non-hydrogen) atoms. The fourth-order valence-corrected chi connectivity index (χ4v) is 5.48. The van der Waals surface area contributed by atoms with Crippen LogP contribution in [-0.4, -0.2) is 11.9 Å². The molecule has 0 unspecified atom stereocenters. The minimum atomic E-state index is -4.94. The second-order valence-electron chi connectivity index (χ2n) is 10.8. The van der Waals surface area contributed by atoms with Gasteiger partial charge in [0.05, 0.1) is 16.5 Å². The first-order valence-electron chi connectivity index (χ1n) is 13.2. The molecule has 0 spiro atoms. The molecule has 3 aromatic carbocycles. The van der Waals surface area contributed by atoms with Crippen LogP contribution in [0, 0.1) is 11.3 Å². The predicted molar refractivity (Wildman–Crippen MR) is 142 cm³/mol. The Balaban J connectivity index is 1.42. The van der Waals surface area contributed by atoms with E-state index in [1.165, 1.54) is 0 Å². The van der Waals surface area contributed by atoms with E-state index in [1.54, 1.807) is 0 Å². The molecule has 0 bridgehead atoms. The number of carbonyl (C=O) groups is 1. The number of amides is 1. The van der Waals surface area contributed by atoms with Crippen LogP contribution in [0.15, 0.2) is 72.8 Å². The highest BCUT2D eigenvalue weighted by molar-refractivity contribution is 5.83. The van der Waals surface area contributed by atoms with Gasteiger partial charge in [-0.3, -0.25) is 4.79 Å². The fourth-order valence-electron chi connectivity index (χ4n) is 5.48. The number of rotatable bonds is 8. The van der Waals surface area contributed by atoms with Gasteiger partial charge in [0.1, 0.15) is 0 Å². The van der Waals surface area contributed by atoms with Crippen molar-refractivity contribution in [2.75, 3.05) is 0 Å². The van der Waals surface area contributed by atoms with E-state index in [9.17, 15) is 31.1 Å². The molecule has 0 aliphatic heterocycles. The van der Waals surface area contributed by atoms with E-state index < -0.39 is 35.4 Å². The summed E-state index contributed by atoms with van der Waals surface area (Å²) in [5.74, 6) is -0.434. The number of hydrogen-bond donors (Lipinski definition) is 2. The van der Waals surface area contributed by atoms with E-state index in [0.29, 0.717) is 31.5 Å². The molecule has 2 N–H and O–H groups in total. The van der Waals surface area contributed by atoms with Gasteiger partial charge in [-0.05, 0) is 71.7 Å². The zero-order valence-corrected chi connectivity index (χ0v) is 22.3. The van der Waals surface area contributed by atoms with E-state index in [1.807, 2.05) is 62.4 Å². The van der Waals surface area contributed by atoms with Crippen molar-refractivity contribution >= 4 is 5.91 Å². The number of nitrogens with one attached hydrogen (secondary N) is 2. The first-order valence-corrected chi connectivity index (χ1v) is 13.2. The topological polar surface area (TPSA) is 41.1 Å². The summed E-state index contributed by atoms with van der Waals surface area (Å²) < 4.78 is 79.4. The Morgan fingerprint density at radius 1 is 0.825 bits per heavy atom. The summed E-state index contributed by atoms with van der Waals surface area (Å²) in [5.41, 5.74) is -0.510. The van der Waals surface area contributed by atoms with E-state index in [0.717, 1.165) is 23.1 Å². The van der Waals surface area contributed by atoms with E-state index in [2.05, 4.69) is 16.7 Å². The number of alkyl halides is 6. The van der Waals surface area contributed by atoms with Gasteiger partial charge in [-0.2, -0.15) is 26.3 Å². The smallest absolute Gasteiger partial charge is 0.352 e. The normalized spacial score (nSPS) is 19.7. The van der Waals surface area contributed by atoms with Crippen LogP contribution in [0.3, 0.4) is 0 Å². The molecule has 3 aromatic rings. The van der Waals surface area contributed by atoms with Crippen LogP contribution in [0.4, 0.5) is 26.3 Å². The largest absolute Gasteiger partial charge is 0.416 e. The third-order valence-electron chi connectivity index (χ3n) is 7.84. The van der Waals surface area contributed by atoms with Gasteiger partial charge in [-0.1, -0.05) is 62.4 Å². The molecule has 0 aromatic heterocycles. The minimum Gasteiger partial charge on any atom is -0.352 e. The zero-order valence-electron chi connectivity index (χ0n) is 22.3. The summed E-state index contributed by atoms with van der Waals surface area (Å²) in [5, 5.41) is 6.17. The minimum absolute atomic E-state index is 0.0407. The van der Waals surface area contributed by atoms with Crippen molar-refractivity contribution in [3.63, 3.8) is 0 Å². The summed E-state index contributed by atoms with van der Waals surface area (Å²) in [4.78, 5) is 13.4. The van der Waals surface area contributed by atoms with Gasteiger partial charge < -0.3 is 10.6 Å². The van der Waals surface area contributed by atoms with Crippen molar-refractivity contribution in [2.24, 2.45) is 11.3 Å². The Hall–Kier alpha value is -3.33. The lowest BCUT2D eigenvalue weighted by atomic mass is 9.74. The molecule has 3 nitrogen and oxygen atoms in total. The molecule has 214 valence electrons. The molecular formula is C31H32F6N2O. The van der Waals surface area contributed by atoms with Crippen LogP contribution in [0.25, 0.3) is 11.1 Å². The van der Waals surface area contributed by atoms with Gasteiger partial charge in [0, 0.05) is 19.1 Å². The van der Waals surface area contributed by atoms with Crippen molar-refractivity contribution in [2.45, 2.75) is 64.6 Å². The summed E-state index contributed by atoms with van der Waals surface area (Å²) in [6.45, 7) is 4.00. The van der Waals surface area contributed by atoms with Crippen LogP contribution in [0.1, 0.15) is 55.4 Å². The third kappa shape index (κ3) is 6.86. The van der Waals surface area contributed by atoms with Crippen LogP contribution in [0.2, 0.25) is 0 Å². The van der Waals surface area contributed by atoms with E-state index in [-0.39, 0.29) is 29.5 Å². The van der Waals surface area contributed by atoms with Crippen molar-refractivity contribution in [3.8, 4) is 11.1 Å². The van der Waals surface area contributed by atoms with Gasteiger partial charge in [0.2, 0.25) is 5.91 Å². The summed E-state index contributed by atoms with van der Waals surface area (Å²) in [7, 11) is 0. The van der Waals surface area contributed by atoms with Crippen LogP contribution in [-0.2, 0) is 30.2 Å². The van der Waals surface area contributed by atoms with Gasteiger partial charge in [0.25, 0.3) is 0 Å². The average molecular weight is 563 g/mol. The molecule has 0 saturated heterocycles. The van der Waals surface area contributed by atoms with Crippen molar-refractivity contribution in [3.05, 3.63) is 95.1 Å². The lowest BCUT2D eigenvalue weighted by Crippen LogP contribution is -2.43. The van der Waals surface area contributed by atoms with Gasteiger partial charge >= 0.3 is 12.4 Å². The van der Waals surface area contributed by atoms with E-state index in [4.69, 9.17) is 0 Å². The third-order valence-corrected chi connectivity index (χ3v) is 7.84. The zero-order chi connectivity index (χ0) is 29.1. The molecule has 0 heterocycles. The van der Waals surface area contributed by atoms with Crippen LogP contribution >= 0.6 is 0 Å². The number of carbonyl (C=O) groups excluding carboxylic acids is 1. The van der Waals surface area contributed by atoms with E-state index >= 15 is 0 Å². The molecule has 1 aliphatic rings. The highest BCUT2D eigenvalue weighted by atomic mass is 19.4. The molecule has 9 heteroatoms. The SMILES string of the molecule is CC(C)[C@]1(C(=O)NCc2cc(C(F)(F)F)cc(C(F)(F)F)c2)CC[C@@H](NCc2cccc(-c3ccccc3)c2)C1. The summed E-state index contributed by atoms with van der Waals surface area (Å²) in [6.07, 6.45) is -8.07. The Morgan fingerprint density at radius 3 is 2.05 bits per heavy atom. The second-order valence-corrected chi connectivity index (χ2v) is 10.8. The highest BCUT2D eigenvalue weighted by Crippen LogP contribution is 2.45. The highest BCUT2D eigenvalue weighted by Gasteiger charge is 2.47. The van der Waals surface area contributed by atoms with Gasteiger partial charge in [-0.15, -0.1) is 0 Å². The van der Waals surface area contributed by atoms with Gasteiger partial charge in [-0.25, -0.2) is 0 Å². The maximum absolute atomic E-state index is 13.4. The monoisotopic (exact) mass is 562 g/mol. The van der Waals surface area contributed by atoms with Crippen LogP contribution in [0.5, 0.6) is 0 Å². The molecular weight excluding hydrogens is 530 g/mol. The predicted octanol–water partition coefficient (Wildman–Crippen LogP) is 7.99. The maximum Gasteiger partial charge on any atom is 0.416 e. The molecule has 1 saturated carbocycles. The lowest BCUT2D eigenvalue weighted by molar-refractivity contribution is -0.143. The second kappa shape index (κ2) is 11.6. The fraction of sp³-hybridized carbons (Fsp3) is 0.387. The Labute approximate surface area is 230 Å². The standard InChI is InChI=1S/C31H32F6N2O/c1-20(2)29(28(40)39-19-22-14-25(30(32,33)34)16-26(15-22)31(35,36)37)12-11-27(17-29)38-18-21-7-6-10-24(13-21)23-8-4-3-5-9-23/h3-10,13-16,20,27,38H,11-12,17-19H2,1-2H3,(H,39,40)/t27-,29+/m1/s1. The Morgan fingerprint density at radius 2 is 1.45 bits per heavy atom. The molecule has 0 radical (unpaired) electrons. The number of hydrogen-bond acceptors (Lipinski definition) is 2. The molecule has 1 fully saturated rings. The quantitative estimate of drug-likeness (QED) is 0.273. The number of halogens is 6. The molecule has 2 atom stereocenters. The molecule has 1 amide bonds. The van der Waals surface area contributed by atoms with Crippen molar-refractivity contribution in [1.29, 1.82) is 0 Å². The van der Waals surface area contributed by atoms with Crippen molar-refractivity contribution < 1.29 is 31.1 Å².